The molecule has 0 aromatic heterocycles. The smallest absolute Gasteiger partial charge is 0.0646 e. The van der Waals surface area contributed by atoms with E-state index < -0.39 is 0 Å². The van der Waals surface area contributed by atoms with Crippen molar-refractivity contribution in [1.82, 2.24) is 0 Å². The average molecular weight is 312 g/mol. The van der Waals surface area contributed by atoms with E-state index in [2.05, 4.69) is 61.1 Å². The Hall–Kier alpha value is -0.540. The molecule has 2 rings (SSSR count). The summed E-state index contributed by atoms with van der Waals surface area (Å²) >= 11 is 3.54. The second-order valence-electron chi connectivity index (χ2n) is 5.86. The van der Waals surface area contributed by atoms with Crippen molar-refractivity contribution >= 4 is 21.6 Å². The van der Waals surface area contributed by atoms with Gasteiger partial charge in [0.1, 0.15) is 0 Å². The summed E-state index contributed by atoms with van der Waals surface area (Å²) in [6, 6.07) is 4.84. The molecule has 0 aliphatic carbocycles. The topological polar surface area (TPSA) is 21.3 Å². The summed E-state index contributed by atoms with van der Waals surface area (Å²) in [6.45, 7) is 9.50. The quantitative estimate of drug-likeness (QED) is 0.872. The van der Waals surface area contributed by atoms with E-state index in [-0.39, 0.29) is 5.60 Å². The molecule has 0 spiro atoms. The molecule has 1 N–H and O–H groups in total. The van der Waals surface area contributed by atoms with Gasteiger partial charge in [-0.05, 0) is 63.8 Å². The van der Waals surface area contributed by atoms with Crippen LogP contribution in [0.3, 0.4) is 0 Å². The lowest BCUT2D eigenvalue weighted by Gasteiger charge is -2.36. The number of aryl methyl sites for hydroxylation is 2. The Bertz CT molecular complexity index is 419. The Morgan fingerprint density at radius 3 is 2.44 bits per heavy atom. The summed E-state index contributed by atoms with van der Waals surface area (Å²) in [4.78, 5) is 0. The van der Waals surface area contributed by atoms with E-state index in [1.807, 2.05) is 0 Å². The molecule has 1 aromatic carbocycles. The van der Waals surface area contributed by atoms with Crippen LogP contribution in [0, 0.1) is 13.8 Å². The van der Waals surface area contributed by atoms with Gasteiger partial charge in [-0.3, -0.25) is 0 Å². The maximum atomic E-state index is 5.77. The van der Waals surface area contributed by atoms with E-state index in [1.54, 1.807) is 0 Å². The first-order valence-electron chi connectivity index (χ1n) is 6.55. The molecule has 0 radical (unpaired) electrons. The second-order valence-corrected chi connectivity index (χ2v) is 6.77. The predicted octanol–water partition coefficient (Wildman–Crippen LogP) is 4.44. The minimum Gasteiger partial charge on any atom is -0.382 e. The molecular formula is C15H22BrNO. The van der Waals surface area contributed by atoms with Crippen LogP contribution in [0.4, 0.5) is 5.69 Å². The van der Waals surface area contributed by atoms with Crippen LogP contribution in [0.25, 0.3) is 0 Å². The van der Waals surface area contributed by atoms with E-state index in [0.29, 0.717) is 6.04 Å². The van der Waals surface area contributed by atoms with E-state index in [4.69, 9.17) is 4.74 Å². The molecule has 0 saturated carbocycles. The number of anilines is 1. The van der Waals surface area contributed by atoms with E-state index in [9.17, 15) is 0 Å². The Kier molecular flexibility index (Phi) is 4.02. The van der Waals surface area contributed by atoms with Gasteiger partial charge in [0, 0.05) is 22.8 Å². The standard InChI is InChI=1S/C15H22BrNO/c1-10-7-12(16)8-11(2)14(10)17-13-5-6-18-15(3,4)9-13/h7-8,13,17H,5-6,9H2,1-4H3. The SMILES string of the molecule is Cc1cc(Br)cc(C)c1NC1CCOC(C)(C)C1. The van der Waals surface area contributed by atoms with Gasteiger partial charge in [-0.1, -0.05) is 15.9 Å². The molecule has 0 amide bonds. The van der Waals surface area contributed by atoms with Gasteiger partial charge in [-0.15, -0.1) is 0 Å². The van der Waals surface area contributed by atoms with Gasteiger partial charge in [-0.2, -0.15) is 0 Å². The lowest BCUT2D eigenvalue weighted by molar-refractivity contribution is -0.0553. The molecule has 1 saturated heterocycles. The summed E-state index contributed by atoms with van der Waals surface area (Å²) in [7, 11) is 0. The van der Waals surface area contributed by atoms with Gasteiger partial charge >= 0.3 is 0 Å². The molecule has 1 aliphatic heterocycles. The molecule has 1 fully saturated rings. The predicted molar refractivity (Wildman–Crippen MR) is 80.3 cm³/mol. The van der Waals surface area contributed by atoms with Crippen molar-refractivity contribution < 1.29 is 4.74 Å². The lowest BCUT2D eigenvalue weighted by Crippen LogP contribution is -2.40. The molecule has 18 heavy (non-hydrogen) atoms. The molecule has 1 heterocycles. The van der Waals surface area contributed by atoms with E-state index in [0.717, 1.165) is 23.9 Å². The molecule has 2 nitrogen and oxygen atoms in total. The maximum Gasteiger partial charge on any atom is 0.0646 e. The van der Waals surface area contributed by atoms with Crippen LogP contribution in [-0.2, 0) is 4.74 Å². The summed E-state index contributed by atoms with van der Waals surface area (Å²) in [5, 5.41) is 3.70. The lowest BCUT2D eigenvalue weighted by atomic mass is 9.93. The molecule has 0 bridgehead atoms. The maximum absolute atomic E-state index is 5.77. The Morgan fingerprint density at radius 1 is 1.28 bits per heavy atom. The van der Waals surface area contributed by atoms with Crippen molar-refractivity contribution in [3.8, 4) is 0 Å². The van der Waals surface area contributed by atoms with Crippen molar-refractivity contribution in [2.45, 2.75) is 52.2 Å². The van der Waals surface area contributed by atoms with Crippen LogP contribution in [0.5, 0.6) is 0 Å². The fourth-order valence-corrected chi connectivity index (χ4v) is 3.38. The second kappa shape index (κ2) is 5.22. The molecule has 1 aliphatic rings. The third-order valence-corrected chi connectivity index (χ3v) is 4.00. The summed E-state index contributed by atoms with van der Waals surface area (Å²) < 4.78 is 6.91. The van der Waals surface area contributed by atoms with Crippen LogP contribution in [0.1, 0.15) is 37.8 Å². The van der Waals surface area contributed by atoms with Crippen LogP contribution in [0.15, 0.2) is 16.6 Å². The largest absolute Gasteiger partial charge is 0.382 e. The molecular weight excluding hydrogens is 290 g/mol. The third-order valence-electron chi connectivity index (χ3n) is 3.54. The minimum absolute atomic E-state index is 0.00686. The van der Waals surface area contributed by atoms with Crippen molar-refractivity contribution in [2.75, 3.05) is 11.9 Å². The Balaban J connectivity index is 2.14. The monoisotopic (exact) mass is 311 g/mol. The zero-order valence-corrected chi connectivity index (χ0v) is 13.2. The van der Waals surface area contributed by atoms with E-state index in [1.165, 1.54) is 16.8 Å². The van der Waals surface area contributed by atoms with E-state index >= 15 is 0 Å². The molecule has 1 aromatic rings. The number of rotatable bonds is 2. The van der Waals surface area contributed by atoms with Gasteiger partial charge in [-0.25, -0.2) is 0 Å². The van der Waals surface area contributed by atoms with Gasteiger partial charge < -0.3 is 10.1 Å². The van der Waals surface area contributed by atoms with Crippen LogP contribution in [-0.4, -0.2) is 18.2 Å². The number of benzene rings is 1. The zero-order chi connectivity index (χ0) is 13.3. The highest BCUT2D eigenvalue weighted by Crippen LogP contribution is 2.30. The third kappa shape index (κ3) is 3.27. The van der Waals surface area contributed by atoms with Crippen LogP contribution in [0.2, 0.25) is 0 Å². The number of hydrogen-bond donors (Lipinski definition) is 1. The Morgan fingerprint density at radius 2 is 1.89 bits per heavy atom. The first-order chi connectivity index (χ1) is 8.37. The number of halogens is 1. The summed E-state index contributed by atoms with van der Waals surface area (Å²) in [5.74, 6) is 0. The summed E-state index contributed by atoms with van der Waals surface area (Å²) in [5.41, 5.74) is 3.87. The molecule has 1 atom stereocenters. The highest BCUT2D eigenvalue weighted by Gasteiger charge is 2.29. The van der Waals surface area contributed by atoms with Crippen molar-refractivity contribution in [3.63, 3.8) is 0 Å². The van der Waals surface area contributed by atoms with Crippen LogP contribution < -0.4 is 5.32 Å². The van der Waals surface area contributed by atoms with Crippen molar-refractivity contribution in [3.05, 3.63) is 27.7 Å². The first-order valence-corrected chi connectivity index (χ1v) is 7.34. The van der Waals surface area contributed by atoms with Crippen molar-refractivity contribution in [1.29, 1.82) is 0 Å². The number of nitrogens with one attached hydrogen (secondary N) is 1. The minimum atomic E-state index is -0.00686. The first kappa shape index (κ1) is 13.9. The molecule has 100 valence electrons. The van der Waals surface area contributed by atoms with Gasteiger partial charge in [0.05, 0.1) is 5.60 Å². The molecule has 1 unspecified atom stereocenters. The normalized spacial score (nSPS) is 22.8. The zero-order valence-electron chi connectivity index (χ0n) is 11.6. The van der Waals surface area contributed by atoms with Gasteiger partial charge in [0.15, 0.2) is 0 Å². The van der Waals surface area contributed by atoms with Crippen molar-refractivity contribution in [2.24, 2.45) is 0 Å². The van der Waals surface area contributed by atoms with Gasteiger partial charge in [0.25, 0.3) is 0 Å². The average Bonchev–Trinajstić information content (AvgIpc) is 2.22. The highest BCUT2D eigenvalue weighted by molar-refractivity contribution is 9.10. The fraction of sp³-hybridized carbons (Fsp3) is 0.600. The highest BCUT2D eigenvalue weighted by atomic mass is 79.9. The van der Waals surface area contributed by atoms with Crippen LogP contribution >= 0.6 is 15.9 Å². The fourth-order valence-electron chi connectivity index (χ4n) is 2.70. The van der Waals surface area contributed by atoms with Gasteiger partial charge in [0.2, 0.25) is 0 Å². The number of ether oxygens (including phenoxy) is 1. The number of hydrogen-bond acceptors (Lipinski definition) is 2. The molecule has 3 heteroatoms. The Labute approximate surface area is 118 Å². The summed E-state index contributed by atoms with van der Waals surface area (Å²) in [6.07, 6.45) is 2.14.